The summed E-state index contributed by atoms with van der Waals surface area (Å²) in [6, 6.07) is 4.60. The fourth-order valence-electron chi connectivity index (χ4n) is 1.26. The predicted octanol–water partition coefficient (Wildman–Crippen LogP) is 3.69. The van der Waals surface area contributed by atoms with Gasteiger partial charge in [-0.05, 0) is 31.0 Å². The van der Waals surface area contributed by atoms with Crippen LogP contribution in [0.15, 0.2) is 23.1 Å². The summed E-state index contributed by atoms with van der Waals surface area (Å²) in [5, 5.41) is 0.572. The lowest BCUT2D eigenvalue weighted by molar-refractivity contribution is 0.627. The Morgan fingerprint density at radius 1 is 1.36 bits per heavy atom. The van der Waals surface area contributed by atoms with Crippen LogP contribution in [-0.2, 0) is 0 Å². The number of halogens is 1. The van der Waals surface area contributed by atoms with Crippen LogP contribution in [0.1, 0.15) is 26.7 Å². The molecule has 0 bridgehead atoms. The molecule has 0 saturated carbocycles. The van der Waals surface area contributed by atoms with E-state index in [1.54, 1.807) is 17.8 Å². The lowest BCUT2D eigenvalue weighted by atomic mass is 10.3. The maximum absolute atomic E-state index is 12.8. The van der Waals surface area contributed by atoms with Gasteiger partial charge in [-0.3, -0.25) is 0 Å². The number of hydrogen-bond donors (Lipinski definition) is 1. The molecule has 1 nitrogen and oxygen atoms in total. The van der Waals surface area contributed by atoms with Gasteiger partial charge in [0, 0.05) is 15.8 Å². The number of anilines is 1. The molecule has 0 radical (unpaired) electrons. The zero-order valence-corrected chi connectivity index (χ0v) is 9.40. The van der Waals surface area contributed by atoms with Crippen molar-refractivity contribution in [2.75, 3.05) is 5.73 Å². The zero-order valence-electron chi connectivity index (χ0n) is 8.59. The minimum Gasteiger partial charge on any atom is -0.398 e. The summed E-state index contributed by atoms with van der Waals surface area (Å²) in [6.07, 6.45) is 2.22. The highest BCUT2D eigenvalue weighted by atomic mass is 32.2. The molecule has 0 fully saturated rings. The van der Waals surface area contributed by atoms with Crippen molar-refractivity contribution in [3.05, 3.63) is 24.0 Å². The summed E-state index contributed by atoms with van der Waals surface area (Å²) >= 11 is 1.73. The van der Waals surface area contributed by atoms with E-state index in [2.05, 4.69) is 13.8 Å². The van der Waals surface area contributed by atoms with E-state index < -0.39 is 0 Å². The second-order valence-corrected chi connectivity index (χ2v) is 4.58. The van der Waals surface area contributed by atoms with E-state index in [1.807, 2.05) is 0 Å². The number of nitrogen functional groups attached to an aromatic ring is 1. The third kappa shape index (κ3) is 2.91. The first-order chi connectivity index (χ1) is 6.67. The average Bonchev–Trinajstić information content (AvgIpc) is 2.17. The first kappa shape index (κ1) is 11.4. The van der Waals surface area contributed by atoms with Crippen molar-refractivity contribution < 1.29 is 4.39 Å². The molecule has 0 aliphatic heterocycles. The highest BCUT2D eigenvalue weighted by molar-refractivity contribution is 8.00. The van der Waals surface area contributed by atoms with E-state index in [0.717, 1.165) is 17.7 Å². The summed E-state index contributed by atoms with van der Waals surface area (Å²) in [4.78, 5) is 0.986. The molecule has 14 heavy (non-hydrogen) atoms. The van der Waals surface area contributed by atoms with E-state index in [1.165, 1.54) is 12.1 Å². The standard InChI is InChI=1S/C11H16FNS/c1-3-9(4-2)14-11-6-5-8(12)7-10(11)13/h5-7,9H,3-4,13H2,1-2H3. The van der Waals surface area contributed by atoms with Gasteiger partial charge in [-0.15, -0.1) is 11.8 Å². The maximum atomic E-state index is 12.8. The lowest BCUT2D eigenvalue weighted by Gasteiger charge is -2.13. The zero-order chi connectivity index (χ0) is 10.6. The van der Waals surface area contributed by atoms with Crippen LogP contribution >= 0.6 is 11.8 Å². The molecule has 0 aliphatic carbocycles. The molecule has 0 spiro atoms. The summed E-state index contributed by atoms with van der Waals surface area (Å²) in [5.41, 5.74) is 6.26. The minimum atomic E-state index is -0.267. The molecule has 1 rings (SSSR count). The van der Waals surface area contributed by atoms with Gasteiger partial charge in [0.05, 0.1) is 0 Å². The normalized spacial score (nSPS) is 10.9. The number of nitrogens with two attached hydrogens (primary N) is 1. The van der Waals surface area contributed by atoms with Crippen LogP contribution in [0.5, 0.6) is 0 Å². The molecule has 0 aliphatic rings. The van der Waals surface area contributed by atoms with Gasteiger partial charge >= 0.3 is 0 Å². The smallest absolute Gasteiger partial charge is 0.125 e. The Hall–Kier alpha value is -0.700. The fourth-order valence-corrected chi connectivity index (χ4v) is 2.30. The van der Waals surface area contributed by atoms with Crippen LogP contribution in [0.4, 0.5) is 10.1 Å². The SMILES string of the molecule is CCC(CC)Sc1ccc(F)cc1N. The second kappa shape index (κ2) is 5.25. The molecule has 78 valence electrons. The Morgan fingerprint density at radius 2 is 2.00 bits per heavy atom. The molecule has 0 aromatic heterocycles. The topological polar surface area (TPSA) is 26.0 Å². The summed E-state index contributed by atoms with van der Waals surface area (Å²) in [5.74, 6) is -0.267. The van der Waals surface area contributed by atoms with Crippen molar-refractivity contribution in [1.29, 1.82) is 0 Å². The molecular formula is C11H16FNS. The van der Waals surface area contributed by atoms with Crippen molar-refractivity contribution >= 4 is 17.4 Å². The average molecular weight is 213 g/mol. The molecular weight excluding hydrogens is 197 g/mol. The molecule has 0 saturated heterocycles. The molecule has 0 unspecified atom stereocenters. The third-order valence-corrected chi connectivity index (χ3v) is 3.80. The first-order valence-electron chi connectivity index (χ1n) is 4.89. The van der Waals surface area contributed by atoms with Gasteiger partial charge in [0.2, 0.25) is 0 Å². The molecule has 1 aromatic carbocycles. The van der Waals surface area contributed by atoms with Gasteiger partial charge in [-0.25, -0.2) is 4.39 Å². The lowest BCUT2D eigenvalue weighted by Crippen LogP contribution is -1.99. The molecule has 1 aromatic rings. The van der Waals surface area contributed by atoms with Gasteiger partial charge in [0.1, 0.15) is 5.82 Å². The first-order valence-corrected chi connectivity index (χ1v) is 5.77. The van der Waals surface area contributed by atoms with Crippen molar-refractivity contribution in [2.24, 2.45) is 0 Å². The second-order valence-electron chi connectivity index (χ2n) is 3.24. The summed E-state index contributed by atoms with van der Waals surface area (Å²) < 4.78 is 12.8. The van der Waals surface area contributed by atoms with E-state index in [-0.39, 0.29) is 5.82 Å². The Balaban J connectivity index is 2.76. The monoisotopic (exact) mass is 213 g/mol. The third-order valence-electron chi connectivity index (χ3n) is 2.18. The van der Waals surface area contributed by atoms with E-state index in [4.69, 9.17) is 5.73 Å². The van der Waals surface area contributed by atoms with Crippen LogP contribution in [0.3, 0.4) is 0 Å². The minimum absolute atomic E-state index is 0.267. The van der Waals surface area contributed by atoms with Crippen LogP contribution in [0.25, 0.3) is 0 Å². The van der Waals surface area contributed by atoms with Gasteiger partial charge < -0.3 is 5.73 Å². The van der Waals surface area contributed by atoms with Crippen molar-refractivity contribution in [3.63, 3.8) is 0 Å². The van der Waals surface area contributed by atoms with Crippen LogP contribution < -0.4 is 5.73 Å². The van der Waals surface area contributed by atoms with E-state index >= 15 is 0 Å². The number of thioether (sulfide) groups is 1. The van der Waals surface area contributed by atoms with Crippen LogP contribution in [0.2, 0.25) is 0 Å². The molecule has 0 heterocycles. The molecule has 0 atom stereocenters. The van der Waals surface area contributed by atoms with Gasteiger partial charge in [-0.2, -0.15) is 0 Å². The predicted molar refractivity (Wildman–Crippen MR) is 61.0 cm³/mol. The van der Waals surface area contributed by atoms with E-state index in [9.17, 15) is 4.39 Å². The van der Waals surface area contributed by atoms with Crippen molar-refractivity contribution in [1.82, 2.24) is 0 Å². The van der Waals surface area contributed by atoms with Crippen molar-refractivity contribution in [3.8, 4) is 0 Å². The number of hydrogen-bond acceptors (Lipinski definition) is 2. The quantitative estimate of drug-likeness (QED) is 0.609. The van der Waals surface area contributed by atoms with Gasteiger partial charge in [-0.1, -0.05) is 13.8 Å². The van der Waals surface area contributed by atoms with Crippen LogP contribution in [0, 0.1) is 5.82 Å². The molecule has 0 amide bonds. The maximum Gasteiger partial charge on any atom is 0.125 e. The van der Waals surface area contributed by atoms with Crippen LogP contribution in [-0.4, -0.2) is 5.25 Å². The summed E-state index contributed by atoms with van der Waals surface area (Å²) in [7, 11) is 0. The highest BCUT2D eigenvalue weighted by Crippen LogP contribution is 2.31. The number of rotatable bonds is 4. The Bertz CT molecular complexity index is 297. The van der Waals surface area contributed by atoms with Gasteiger partial charge in [0.25, 0.3) is 0 Å². The molecule has 2 N–H and O–H groups in total. The Morgan fingerprint density at radius 3 is 2.50 bits per heavy atom. The molecule has 3 heteroatoms. The highest BCUT2D eigenvalue weighted by Gasteiger charge is 2.08. The Labute approximate surface area is 88.9 Å². The summed E-state index contributed by atoms with van der Waals surface area (Å²) in [6.45, 7) is 4.31. The van der Waals surface area contributed by atoms with Gasteiger partial charge in [0.15, 0.2) is 0 Å². The van der Waals surface area contributed by atoms with Crippen molar-refractivity contribution in [2.45, 2.75) is 36.8 Å². The Kier molecular flexibility index (Phi) is 4.26. The van der Waals surface area contributed by atoms with E-state index in [0.29, 0.717) is 10.9 Å². The largest absolute Gasteiger partial charge is 0.398 e. The number of benzene rings is 1. The fraction of sp³-hybridized carbons (Fsp3) is 0.455.